The van der Waals surface area contributed by atoms with E-state index in [4.69, 9.17) is 0 Å². The van der Waals surface area contributed by atoms with Gasteiger partial charge in [0.15, 0.2) is 0 Å². The molecule has 0 atom stereocenters. The van der Waals surface area contributed by atoms with Crippen molar-refractivity contribution >= 4 is 11.8 Å². The summed E-state index contributed by atoms with van der Waals surface area (Å²) in [5, 5.41) is 5.26. The van der Waals surface area contributed by atoms with Crippen LogP contribution in [0.2, 0.25) is 0 Å². The number of rotatable bonds is 5. The fourth-order valence-corrected chi connectivity index (χ4v) is 1.06. The van der Waals surface area contributed by atoms with Crippen LogP contribution in [0.25, 0.3) is 0 Å². The second kappa shape index (κ2) is 5.79. The Balaban J connectivity index is 2.11. The minimum atomic E-state index is -0.0992. The molecule has 1 heterocycles. The highest BCUT2D eigenvalue weighted by atomic mass is 16.2. The Hall–Kier alpha value is -1.85. The number of amides is 2. The Bertz CT molecular complexity index is 321. The van der Waals surface area contributed by atoms with E-state index in [1.54, 1.807) is 6.20 Å². The van der Waals surface area contributed by atoms with Crippen LogP contribution in [0.15, 0.2) is 12.5 Å². The molecule has 0 radical (unpaired) electrons. The van der Waals surface area contributed by atoms with Crippen LogP contribution in [0, 0.1) is 0 Å². The van der Waals surface area contributed by atoms with Crippen molar-refractivity contribution in [2.75, 3.05) is 13.1 Å². The molecule has 0 bridgehead atoms. The van der Waals surface area contributed by atoms with Crippen molar-refractivity contribution in [2.45, 2.75) is 13.3 Å². The molecular weight excluding hydrogens is 196 g/mol. The molecule has 0 aliphatic carbocycles. The standard InChI is InChI=1S/C9H14N4O2/c1-7(14)11-2-3-12-9(15)4-8-5-10-6-13-8/h5-6H,2-4H2,1H3,(H,10,13)(H,11,14)(H,12,15). The number of nitrogens with one attached hydrogen (secondary N) is 3. The predicted molar refractivity (Wildman–Crippen MR) is 54.0 cm³/mol. The number of carbonyl (C=O) groups excluding carboxylic acids is 2. The third-order valence-corrected chi connectivity index (χ3v) is 1.73. The molecule has 1 aromatic heterocycles. The fourth-order valence-electron chi connectivity index (χ4n) is 1.06. The van der Waals surface area contributed by atoms with Gasteiger partial charge >= 0.3 is 0 Å². The average Bonchev–Trinajstić information content (AvgIpc) is 2.64. The molecule has 0 saturated heterocycles. The summed E-state index contributed by atoms with van der Waals surface area (Å²) in [6, 6.07) is 0. The minimum absolute atomic E-state index is 0.0930. The summed E-state index contributed by atoms with van der Waals surface area (Å²) in [6.07, 6.45) is 3.41. The van der Waals surface area contributed by atoms with Crippen LogP contribution < -0.4 is 10.6 Å². The summed E-state index contributed by atoms with van der Waals surface area (Å²) >= 11 is 0. The average molecular weight is 210 g/mol. The summed E-state index contributed by atoms with van der Waals surface area (Å²) in [5.41, 5.74) is 0.770. The molecule has 0 fully saturated rings. The number of aromatic nitrogens is 2. The molecule has 6 nitrogen and oxygen atoms in total. The minimum Gasteiger partial charge on any atom is -0.355 e. The molecule has 0 saturated carbocycles. The zero-order valence-corrected chi connectivity index (χ0v) is 8.54. The first kappa shape index (κ1) is 11.2. The normalized spacial score (nSPS) is 9.67. The van der Waals surface area contributed by atoms with Gasteiger partial charge in [0.25, 0.3) is 0 Å². The lowest BCUT2D eigenvalue weighted by Gasteiger charge is -2.04. The molecular formula is C9H14N4O2. The largest absolute Gasteiger partial charge is 0.355 e. The van der Waals surface area contributed by atoms with Crippen molar-refractivity contribution in [3.05, 3.63) is 18.2 Å². The fraction of sp³-hybridized carbons (Fsp3) is 0.444. The van der Waals surface area contributed by atoms with E-state index in [2.05, 4.69) is 20.6 Å². The van der Waals surface area contributed by atoms with Gasteiger partial charge in [-0.2, -0.15) is 0 Å². The Labute approximate surface area is 87.5 Å². The molecule has 1 rings (SSSR count). The molecule has 6 heteroatoms. The molecule has 0 spiro atoms. The van der Waals surface area contributed by atoms with Crippen molar-refractivity contribution in [1.29, 1.82) is 0 Å². The lowest BCUT2D eigenvalue weighted by atomic mass is 10.3. The maximum absolute atomic E-state index is 11.3. The van der Waals surface area contributed by atoms with Crippen molar-refractivity contribution in [2.24, 2.45) is 0 Å². The Morgan fingerprint density at radius 2 is 2.13 bits per heavy atom. The van der Waals surface area contributed by atoms with Crippen LogP contribution in [0.3, 0.4) is 0 Å². The van der Waals surface area contributed by atoms with Gasteiger partial charge in [-0.3, -0.25) is 9.59 Å². The molecule has 0 aromatic carbocycles. The highest BCUT2D eigenvalue weighted by molar-refractivity contribution is 5.78. The lowest BCUT2D eigenvalue weighted by molar-refractivity contribution is -0.121. The molecule has 82 valence electrons. The quantitative estimate of drug-likeness (QED) is 0.556. The Morgan fingerprint density at radius 3 is 2.73 bits per heavy atom. The Kier molecular flexibility index (Phi) is 4.33. The SMILES string of the molecule is CC(=O)NCCNC(=O)Cc1cnc[nH]1. The number of nitrogens with zero attached hydrogens (tertiary/aromatic N) is 1. The van der Waals surface area contributed by atoms with Crippen LogP contribution in [0.4, 0.5) is 0 Å². The van der Waals surface area contributed by atoms with E-state index in [-0.39, 0.29) is 18.2 Å². The van der Waals surface area contributed by atoms with Gasteiger partial charge in [0.05, 0.1) is 12.7 Å². The van der Waals surface area contributed by atoms with Gasteiger partial charge in [-0.25, -0.2) is 4.98 Å². The highest BCUT2D eigenvalue weighted by Crippen LogP contribution is 1.91. The molecule has 1 aromatic rings. The second-order valence-electron chi connectivity index (χ2n) is 3.09. The summed E-state index contributed by atoms with van der Waals surface area (Å²) in [4.78, 5) is 28.4. The monoisotopic (exact) mass is 210 g/mol. The van der Waals surface area contributed by atoms with E-state index in [9.17, 15) is 9.59 Å². The summed E-state index contributed by atoms with van der Waals surface area (Å²) in [6.45, 7) is 2.32. The zero-order valence-electron chi connectivity index (χ0n) is 8.54. The number of hydrogen-bond acceptors (Lipinski definition) is 3. The maximum Gasteiger partial charge on any atom is 0.226 e. The third-order valence-electron chi connectivity index (χ3n) is 1.73. The van der Waals surface area contributed by atoms with Crippen molar-refractivity contribution in [3.8, 4) is 0 Å². The number of H-pyrrole nitrogens is 1. The number of imidazole rings is 1. The van der Waals surface area contributed by atoms with Crippen LogP contribution >= 0.6 is 0 Å². The van der Waals surface area contributed by atoms with Crippen LogP contribution in [0.5, 0.6) is 0 Å². The van der Waals surface area contributed by atoms with Crippen LogP contribution in [-0.2, 0) is 16.0 Å². The first-order chi connectivity index (χ1) is 7.18. The summed E-state index contributed by atoms with van der Waals surface area (Å²) < 4.78 is 0. The van der Waals surface area contributed by atoms with Gasteiger partial charge in [-0.1, -0.05) is 0 Å². The lowest BCUT2D eigenvalue weighted by Crippen LogP contribution is -2.34. The van der Waals surface area contributed by atoms with E-state index in [1.807, 2.05) is 0 Å². The van der Waals surface area contributed by atoms with E-state index >= 15 is 0 Å². The number of aromatic amines is 1. The number of carbonyl (C=O) groups is 2. The van der Waals surface area contributed by atoms with Crippen molar-refractivity contribution in [1.82, 2.24) is 20.6 Å². The summed E-state index contributed by atoms with van der Waals surface area (Å²) in [7, 11) is 0. The van der Waals surface area contributed by atoms with Gasteiger partial charge < -0.3 is 15.6 Å². The number of hydrogen-bond donors (Lipinski definition) is 3. The highest BCUT2D eigenvalue weighted by Gasteiger charge is 2.02. The van der Waals surface area contributed by atoms with Crippen molar-refractivity contribution in [3.63, 3.8) is 0 Å². The van der Waals surface area contributed by atoms with Gasteiger partial charge in [0, 0.05) is 31.9 Å². The molecule has 0 unspecified atom stereocenters. The first-order valence-electron chi connectivity index (χ1n) is 4.67. The third kappa shape index (κ3) is 4.80. The van der Waals surface area contributed by atoms with Gasteiger partial charge in [0.1, 0.15) is 0 Å². The van der Waals surface area contributed by atoms with E-state index in [0.717, 1.165) is 5.69 Å². The van der Waals surface area contributed by atoms with E-state index in [0.29, 0.717) is 13.1 Å². The predicted octanol–water partition coefficient (Wildman–Crippen LogP) is -0.795. The van der Waals surface area contributed by atoms with Crippen LogP contribution in [-0.4, -0.2) is 34.9 Å². The Morgan fingerprint density at radius 1 is 1.40 bits per heavy atom. The molecule has 3 N–H and O–H groups in total. The molecule has 15 heavy (non-hydrogen) atoms. The van der Waals surface area contributed by atoms with Crippen molar-refractivity contribution < 1.29 is 9.59 Å². The van der Waals surface area contributed by atoms with Gasteiger partial charge in [-0.15, -0.1) is 0 Å². The zero-order chi connectivity index (χ0) is 11.1. The second-order valence-corrected chi connectivity index (χ2v) is 3.09. The van der Waals surface area contributed by atoms with E-state index in [1.165, 1.54) is 13.3 Å². The van der Waals surface area contributed by atoms with Crippen LogP contribution in [0.1, 0.15) is 12.6 Å². The maximum atomic E-state index is 11.3. The van der Waals surface area contributed by atoms with E-state index < -0.39 is 0 Å². The molecule has 0 aliphatic rings. The molecule has 2 amide bonds. The molecule has 0 aliphatic heterocycles. The van der Waals surface area contributed by atoms with Gasteiger partial charge in [-0.05, 0) is 0 Å². The summed E-state index contributed by atoms with van der Waals surface area (Å²) in [5.74, 6) is -0.192. The van der Waals surface area contributed by atoms with Gasteiger partial charge in [0.2, 0.25) is 11.8 Å². The first-order valence-corrected chi connectivity index (χ1v) is 4.67. The smallest absolute Gasteiger partial charge is 0.226 e. The topological polar surface area (TPSA) is 86.9 Å².